The minimum Gasteiger partial charge on any atom is -0.355 e. The van der Waals surface area contributed by atoms with Crippen LogP contribution in [0.2, 0.25) is 0 Å². The quantitative estimate of drug-likeness (QED) is 0.519. The Morgan fingerprint density at radius 2 is 1.07 bits per heavy atom. The maximum absolute atomic E-state index is 3.38. The van der Waals surface area contributed by atoms with Crippen molar-refractivity contribution in [1.82, 2.24) is 4.98 Å². The molecule has 74 valence electrons. The summed E-state index contributed by atoms with van der Waals surface area (Å²) in [6.07, 6.45) is 0. The van der Waals surface area contributed by atoms with E-state index in [2.05, 4.69) is 66.7 Å². The van der Waals surface area contributed by atoms with Gasteiger partial charge < -0.3 is 4.98 Å². The molecule has 0 unspecified atom stereocenters. The maximum atomic E-state index is 3.38. The van der Waals surface area contributed by atoms with Crippen LogP contribution in [0.25, 0.3) is 21.8 Å². The van der Waals surface area contributed by atoms with E-state index in [4.69, 9.17) is 0 Å². The minimum absolute atomic E-state index is 1.21. The van der Waals surface area contributed by atoms with Crippen LogP contribution in [0, 0.1) is 0 Å². The van der Waals surface area contributed by atoms with Crippen molar-refractivity contribution in [3.8, 4) is 0 Å². The monoisotopic (exact) mass is 195 g/mol. The molecule has 1 nitrogen and oxygen atoms in total. The number of H-pyrrole nitrogens is 1. The molecule has 15 heavy (non-hydrogen) atoms. The third kappa shape index (κ3) is 1.52. The SMILES string of the molecule is C=C.c1ccc2c(c1)[nH]c1ccccc12. The van der Waals surface area contributed by atoms with E-state index in [1.807, 2.05) is 0 Å². The second-order valence-electron chi connectivity index (χ2n) is 3.22. The van der Waals surface area contributed by atoms with Crippen LogP contribution in [0.1, 0.15) is 0 Å². The van der Waals surface area contributed by atoms with Crippen molar-refractivity contribution in [1.29, 1.82) is 0 Å². The van der Waals surface area contributed by atoms with Gasteiger partial charge in [-0.15, -0.1) is 13.2 Å². The molecule has 0 bridgehead atoms. The predicted octanol–water partition coefficient (Wildman–Crippen LogP) is 4.12. The van der Waals surface area contributed by atoms with E-state index in [1.165, 1.54) is 21.8 Å². The highest BCUT2D eigenvalue weighted by atomic mass is 14.7. The fourth-order valence-corrected chi connectivity index (χ4v) is 1.80. The van der Waals surface area contributed by atoms with Crippen LogP contribution in [0.4, 0.5) is 0 Å². The average molecular weight is 195 g/mol. The Balaban J connectivity index is 0.000000404. The number of rotatable bonds is 0. The Hall–Kier alpha value is -2.02. The third-order valence-electron chi connectivity index (χ3n) is 2.41. The summed E-state index contributed by atoms with van der Waals surface area (Å²) in [5.41, 5.74) is 2.42. The number of fused-ring (bicyclic) bond motifs is 3. The summed E-state index contributed by atoms with van der Waals surface area (Å²) >= 11 is 0. The fraction of sp³-hybridized carbons (Fsp3) is 0. The second-order valence-corrected chi connectivity index (χ2v) is 3.22. The number of nitrogens with one attached hydrogen (secondary N) is 1. The van der Waals surface area contributed by atoms with Crippen LogP contribution in [-0.4, -0.2) is 4.98 Å². The van der Waals surface area contributed by atoms with Crippen LogP contribution < -0.4 is 0 Å². The van der Waals surface area contributed by atoms with E-state index < -0.39 is 0 Å². The van der Waals surface area contributed by atoms with E-state index in [1.54, 1.807) is 0 Å². The van der Waals surface area contributed by atoms with Crippen molar-refractivity contribution in [2.75, 3.05) is 0 Å². The molecule has 0 fully saturated rings. The molecule has 0 amide bonds. The normalized spacial score (nSPS) is 9.87. The van der Waals surface area contributed by atoms with E-state index in [-0.39, 0.29) is 0 Å². The van der Waals surface area contributed by atoms with Gasteiger partial charge in [0, 0.05) is 21.8 Å². The lowest BCUT2D eigenvalue weighted by molar-refractivity contribution is 1.55. The van der Waals surface area contributed by atoms with Crippen LogP contribution in [-0.2, 0) is 0 Å². The minimum atomic E-state index is 1.21. The number of aromatic nitrogens is 1. The standard InChI is InChI=1S/C12H9N.C2H4/c1-3-7-11-9(5-1)10-6-2-4-8-12(10)13-11;1-2/h1-8,13H;1-2H2. The fourth-order valence-electron chi connectivity index (χ4n) is 1.80. The third-order valence-corrected chi connectivity index (χ3v) is 2.41. The zero-order chi connectivity index (χ0) is 10.7. The van der Waals surface area contributed by atoms with Crippen molar-refractivity contribution in [3.63, 3.8) is 0 Å². The summed E-state index contributed by atoms with van der Waals surface area (Å²) in [5, 5.41) is 2.61. The molecule has 0 radical (unpaired) electrons. The number of para-hydroxylation sites is 2. The number of aromatic amines is 1. The lowest BCUT2D eigenvalue weighted by Crippen LogP contribution is -1.62. The van der Waals surface area contributed by atoms with Crippen molar-refractivity contribution in [3.05, 3.63) is 61.7 Å². The second kappa shape index (κ2) is 4.01. The molecule has 1 aromatic heterocycles. The van der Waals surface area contributed by atoms with Gasteiger partial charge in [-0.2, -0.15) is 0 Å². The summed E-state index contributed by atoms with van der Waals surface area (Å²) in [6.45, 7) is 6.00. The summed E-state index contributed by atoms with van der Waals surface area (Å²) < 4.78 is 0. The summed E-state index contributed by atoms with van der Waals surface area (Å²) in [4.78, 5) is 3.38. The number of benzene rings is 2. The Kier molecular flexibility index (Phi) is 2.55. The zero-order valence-electron chi connectivity index (χ0n) is 8.53. The molecule has 0 spiro atoms. The summed E-state index contributed by atoms with van der Waals surface area (Å²) in [6, 6.07) is 16.8. The van der Waals surface area contributed by atoms with Gasteiger partial charge in [0.1, 0.15) is 0 Å². The number of hydrogen-bond acceptors (Lipinski definition) is 0. The highest BCUT2D eigenvalue weighted by molar-refractivity contribution is 6.06. The first kappa shape index (κ1) is 9.53. The molecule has 0 saturated heterocycles. The summed E-state index contributed by atoms with van der Waals surface area (Å²) in [7, 11) is 0. The van der Waals surface area contributed by atoms with Crippen molar-refractivity contribution in [2.24, 2.45) is 0 Å². The Morgan fingerprint density at radius 1 is 0.667 bits per heavy atom. The molecule has 0 saturated carbocycles. The van der Waals surface area contributed by atoms with Crippen molar-refractivity contribution in [2.45, 2.75) is 0 Å². The Bertz CT molecular complexity index is 527. The van der Waals surface area contributed by atoms with Gasteiger partial charge in [-0.05, 0) is 12.1 Å². The molecule has 1 N–H and O–H groups in total. The van der Waals surface area contributed by atoms with Gasteiger partial charge >= 0.3 is 0 Å². The van der Waals surface area contributed by atoms with Gasteiger partial charge in [0.15, 0.2) is 0 Å². The van der Waals surface area contributed by atoms with E-state index >= 15 is 0 Å². The highest BCUT2D eigenvalue weighted by Gasteiger charge is 2.00. The number of hydrogen-bond donors (Lipinski definition) is 1. The topological polar surface area (TPSA) is 15.8 Å². The van der Waals surface area contributed by atoms with E-state index in [0.29, 0.717) is 0 Å². The maximum Gasteiger partial charge on any atom is 0.0464 e. The lowest BCUT2D eigenvalue weighted by atomic mass is 10.2. The molecule has 0 aliphatic carbocycles. The van der Waals surface area contributed by atoms with Gasteiger partial charge in [-0.25, -0.2) is 0 Å². The van der Waals surface area contributed by atoms with E-state index in [9.17, 15) is 0 Å². The molecule has 1 heterocycles. The molecule has 0 aliphatic heterocycles. The van der Waals surface area contributed by atoms with Gasteiger partial charge in [0.25, 0.3) is 0 Å². The molecule has 2 aromatic carbocycles. The van der Waals surface area contributed by atoms with Gasteiger partial charge in [0.05, 0.1) is 0 Å². The van der Waals surface area contributed by atoms with Gasteiger partial charge in [0.2, 0.25) is 0 Å². The van der Waals surface area contributed by atoms with Crippen molar-refractivity contribution >= 4 is 21.8 Å². The molecule has 3 rings (SSSR count). The molecule has 1 heteroatoms. The largest absolute Gasteiger partial charge is 0.355 e. The first-order valence-electron chi connectivity index (χ1n) is 4.90. The van der Waals surface area contributed by atoms with Crippen molar-refractivity contribution < 1.29 is 0 Å². The van der Waals surface area contributed by atoms with Crippen LogP contribution in [0.5, 0.6) is 0 Å². The summed E-state index contributed by atoms with van der Waals surface area (Å²) in [5.74, 6) is 0. The molecule has 0 aliphatic rings. The van der Waals surface area contributed by atoms with E-state index in [0.717, 1.165) is 0 Å². The van der Waals surface area contributed by atoms with Gasteiger partial charge in [-0.1, -0.05) is 36.4 Å². The molecular formula is C14H13N. The average Bonchev–Trinajstić information content (AvgIpc) is 2.70. The first-order chi connectivity index (χ1) is 7.45. The smallest absolute Gasteiger partial charge is 0.0464 e. The first-order valence-corrected chi connectivity index (χ1v) is 4.90. The Labute approximate surface area is 89.1 Å². The van der Waals surface area contributed by atoms with Gasteiger partial charge in [-0.3, -0.25) is 0 Å². The molecule has 3 aromatic rings. The van der Waals surface area contributed by atoms with Crippen LogP contribution >= 0.6 is 0 Å². The predicted molar refractivity (Wildman–Crippen MR) is 67.1 cm³/mol. The zero-order valence-corrected chi connectivity index (χ0v) is 8.53. The van der Waals surface area contributed by atoms with Crippen LogP contribution in [0.15, 0.2) is 61.7 Å². The highest BCUT2D eigenvalue weighted by Crippen LogP contribution is 2.24. The molecular weight excluding hydrogens is 182 g/mol. The molecule has 0 atom stereocenters. The lowest BCUT2D eigenvalue weighted by Gasteiger charge is -1.87. The van der Waals surface area contributed by atoms with Crippen LogP contribution in [0.3, 0.4) is 0 Å². The Morgan fingerprint density at radius 3 is 1.53 bits per heavy atom.